The number of nitrogens with two attached hydrogens (primary N) is 4. The Kier molecular flexibility index (Phi) is 18.0. The van der Waals surface area contributed by atoms with E-state index in [0.29, 0.717) is 44.3 Å². The highest BCUT2D eigenvalue weighted by atomic mass is 16.4. The third-order valence-corrected chi connectivity index (χ3v) is 7.93. The van der Waals surface area contributed by atoms with E-state index in [2.05, 4.69) is 31.6 Å². The Labute approximate surface area is 294 Å². The van der Waals surface area contributed by atoms with E-state index in [-0.39, 0.29) is 19.3 Å². The van der Waals surface area contributed by atoms with E-state index in [1.54, 1.807) is 30.5 Å². The van der Waals surface area contributed by atoms with E-state index in [9.17, 15) is 43.8 Å². The molecule has 1 aromatic carbocycles. The number of hydrogen-bond acceptors (Lipinski definition) is 11. The molecular formula is C32H50N10O9. The summed E-state index contributed by atoms with van der Waals surface area (Å²) in [6, 6.07) is 0.0517. The van der Waals surface area contributed by atoms with Gasteiger partial charge in [-0.1, -0.05) is 18.2 Å². The molecule has 282 valence electrons. The minimum Gasteiger partial charge on any atom is -0.480 e. The number of nitrogens with one attached hydrogen (secondary N) is 6. The Morgan fingerprint density at radius 3 is 1.80 bits per heavy atom. The Bertz CT molecular complexity index is 1500. The number of rotatable bonds is 24. The number of primary amides is 1. The van der Waals surface area contributed by atoms with Crippen molar-refractivity contribution in [3.05, 3.63) is 36.0 Å². The van der Waals surface area contributed by atoms with Crippen molar-refractivity contribution in [3.63, 3.8) is 0 Å². The largest absolute Gasteiger partial charge is 0.480 e. The zero-order chi connectivity index (χ0) is 37.9. The van der Waals surface area contributed by atoms with Gasteiger partial charge in [-0.2, -0.15) is 0 Å². The zero-order valence-corrected chi connectivity index (χ0v) is 28.3. The van der Waals surface area contributed by atoms with Crippen LogP contribution in [0.2, 0.25) is 0 Å². The molecule has 0 radical (unpaired) electrons. The summed E-state index contributed by atoms with van der Waals surface area (Å²) in [6.07, 6.45) is 2.96. The van der Waals surface area contributed by atoms with Gasteiger partial charge in [0.25, 0.3) is 0 Å². The molecule has 1 aromatic heterocycles. The number of aliphatic hydroxyl groups is 1. The number of para-hydroxylation sites is 1. The summed E-state index contributed by atoms with van der Waals surface area (Å²) >= 11 is 0. The molecule has 0 aliphatic carbocycles. The topological polar surface area (TPSA) is 340 Å². The van der Waals surface area contributed by atoms with Crippen LogP contribution in [-0.4, -0.2) is 113 Å². The Balaban J connectivity index is 2.29. The van der Waals surface area contributed by atoms with Crippen molar-refractivity contribution in [2.24, 2.45) is 22.9 Å². The highest BCUT2D eigenvalue weighted by Crippen LogP contribution is 2.19. The molecule has 0 saturated carbocycles. The van der Waals surface area contributed by atoms with Crippen LogP contribution in [0.4, 0.5) is 0 Å². The standard InChI is InChI=1S/C32H50N10O9/c33-11-5-3-9-21(38-27(45)15-35)28(46)41-24(14-26(36)44)30(48)42-25(17-43)31(49)40-23(13-18-16-37-20-8-2-1-7-19(18)20)29(47)39-22(32(50)51)10-4-6-12-34/h1-2,7-8,16,21-25,37,43H,3-6,9-15,17,33-35H2,(H2,36,44)(H,38,45)(H,39,47)(H,40,49)(H,41,46)(H,42,48)(H,50,51)/t21-,22-,23-,24-,25-/m0/s1. The van der Waals surface area contributed by atoms with Crippen LogP contribution in [0.5, 0.6) is 0 Å². The van der Waals surface area contributed by atoms with E-state index in [0.717, 1.165) is 10.9 Å². The van der Waals surface area contributed by atoms with Crippen molar-refractivity contribution in [2.75, 3.05) is 26.2 Å². The Morgan fingerprint density at radius 1 is 0.686 bits per heavy atom. The average molecular weight is 719 g/mol. The monoisotopic (exact) mass is 718 g/mol. The molecule has 1 heterocycles. The van der Waals surface area contributed by atoms with Crippen LogP contribution in [0, 0.1) is 0 Å². The second-order valence-corrected chi connectivity index (χ2v) is 11.9. The van der Waals surface area contributed by atoms with Crippen LogP contribution in [0.25, 0.3) is 10.9 Å². The van der Waals surface area contributed by atoms with E-state index >= 15 is 0 Å². The van der Waals surface area contributed by atoms with Gasteiger partial charge in [0.2, 0.25) is 35.4 Å². The molecule has 19 nitrogen and oxygen atoms in total. The molecule has 19 heteroatoms. The van der Waals surface area contributed by atoms with Crippen molar-refractivity contribution in [1.82, 2.24) is 31.6 Å². The third kappa shape index (κ3) is 14.0. The van der Waals surface area contributed by atoms with Gasteiger partial charge in [0, 0.05) is 23.5 Å². The highest BCUT2D eigenvalue weighted by molar-refractivity contribution is 5.98. The van der Waals surface area contributed by atoms with Gasteiger partial charge in [0.05, 0.1) is 19.6 Å². The lowest BCUT2D eigenvalue weighted by Gasteiger charge is -2.26. The molecule has 0 spiro atoms. The van der Waals surface area contributed by atoms with E-state index in [1.165, 1.54) is 0 Å². The summed E-state index contributed by atoms with van der Waals surface area (Å²) in [4.78, 5) is 92.2. The normalized spacial score (nSPS) is 14.0. The number of carboxylic acids is 1. The van der Waals surface area contributed by atoms with Crippen molar-refractivity contribution >= 4 is 52.3 Å². The number of amides is 6. The van der Waals surface area contributed by atoms with E-state index in [4.69, 9.17) is 22.9 Å². The van der Waals surface area contributed by atoms with Crippen LogP contribution >= 0.6 is 0 Å². The fraction of sp³-hybridized carbons (Fsp3) is 0.531. The summed E-state index contributed by atoms with van der Waals surface area (Å²) in [6.45, 7) is -0.723. The molecular weight excluding hydrogens is 668 g/mol. The number of carbonyl (C=O) groups excluding carboxylic acids is 6. The Morgan fingerprint density at radius 2 is 1.22 bits per heavy atom. The number of aliphatic carboxylic acids is 1. The minimum absolute atomic E-state index is 0.0814. The predicted octanol–water partition coefficient (Wildman–Crippen LogP) is -3.70. The molecule has 6 amide bonds. The Hall–Kier alpha value is -5.11. The van der Waals surface area contributed by atoms with Gasteiger partial charge >= 0.3 is 5.97 Å². The number of carbonyl (C=O) groups is 7. The lowest BCUT2D eigenvalue weighted by Crippen LogP contribution is -2.60. The van der Waals surface area contributed by atoms with Crippen LogP contribution < -0.4 is 49.5 Å². The second kappa shape index (κ2) is 21.9. The fourth-order valence-corrected chi connectivity index (χ4v) is 5.19. The van der Waals surface area contributed by atoms with Gasteiger partial charge in [-0.25, -0.2) is 4.79 Å². The van der Waals surface area contributed by atoms with Crippen molar-refractivity contribution < 1.29 is 43.8 Å². The fourth-order valence-electron chi connectivity index (χ4n) is 5.19. The average Bonchev–Trinajstić information content (AvgIpc) is 3.51. The molecule has 0 unspecified atom stereocenters. The smallest absolute Gasteiger partial charge is 0.326 e. The first-order valence-electron chi connectivity index (χ1n) is 16.6. The number of aromatic amines is 1. The highest BCUT2D eigenvalue weighted by Gasteiger charge is 2.33. The predicted molar refractivity (Wildman–Crippen MR) is 185 cm³/mol. The maximum absolute atomic E-state index is 13.5. The van der Waals surface area contributed by atoms with Crippen LogP contribution in [-0.2, 0) is 40.0 Å². The number of unbranched alkanes of at least 4 members (excludes halogenated alkanes) is 2. The molecule has 0 aliphatic rings. The molecule has 16 N–H and O–H groups in total. The number of H-pyrrole nitrogens is 1. The third-order valence-electron chi connectivity index (χ3n) is 7.93. The molecule has 2 rings (SSSR count). The number of hydrogen-bond donors (Lipinski definition) is 12. The van der Waals surface area contributed by atoms with Crippen LogP contribution in [0.3, 0.4) is 0 Å². The van der Waals surface area contributed by atoms with Gasteiger partial charge in [0.15, 0.2) is 0 Å². The zero-order valence-electron chi connectivity index (χ0n) is 28.3. The lowest BCUT2D eigenvalue weighted by atomic mass is 10.0. The van der Waals surface area contributed by atoms with E-state index < -0.39 is 91.2 Å². The van der Waals surface area contributed by atoms with Crippen molar-refractivity contribution in [1.29, 1.82) is 0 Å². The first-order chi connectivity index (χ1) is 24.3. The van der Waals surface area contributed by atoms with Gasteiger partial charge in [-0.05, 0) is 63.2 Å². The lowest BCUT2D eigenvalue weighted by molar-refractivity contribution is -0.142. The molecule has 51 heavy (non-hydrogen) atoms. The maximum atomic E-state index is 13.5. The van der Waals surface area contributed by atoms with Gasteiger partial charge in [-0.3, -0.25) is 28.8 Å². The number of aromatic nitrogens is 1. The number of carboxylic acid groups (broad SMARTS) is 1. The maximum Gasteiger partial charge on any atom is 0.326 e. The van der Waals surface area contributed by atoms with Gasteiger partial charge in [0.1, 0.15) is 30.2 Å². The summed E-state index contributed by atoms with van der Waals surface area (Å²) in [5.74, 6) is -6.70. The molecule has 0 bridgehead atoms. The van der Waals surface area contributed by atoms with Gasteiger partial charge in [-0.15, -0.1) is 0 Å². The molecule has 5 atom stereocenters. The first-order valence-corrected chi connectivity index (χ1v) is 16.6. The van der Waals surface area contributed by atoms with Crippen LogP contribution in [0.1, 0.15) is 50.5 Å². The van der Waals surface area contributed by atoms with Gasteiger partial charge < -0.3 is 64.7 Å². The van der Waals surface area contributed by atoms with E-state index in [1.807, 2.05) is 0 Å². The summed E-state index contributed by atoms with van der Waals surface area (Å²) in [5.41, 5.74) is 23.1. The summed E-state index contributed by atoms with van der Waals surface area (Å²) in [7, 11) is 0. The van der Waals surface area contributed by atoms with Crippen LogP contribution in [0.15, 0.2) is 30.5 Å². The van der Waals surface area contributed by atoms with Crippen molar-refractivity contribution in [3.8, 4) is 0 Å². The minimum atomic E-state index is -1.69. The quantitative estimate of drug-likeness (QED) is 0.0467. The SMILES string of the molecule is NCCCC[C@H](NC(=O)[C@H](Cc1c[nH]c2ccccc12)NC(=O)[C@H](CO)NC(=O)[C@H](CC(N)=O)NC(=O)[C@H](CCCCN)NC(=O)CN)C(=O)O. The summed E-state index contributed by atoms with van der Waals surface area (Å²) in [5, 5.41) is 32.5. The number of benzene rings is 1. The molecule has 0 saturated heterocycles. The molecule has 2 aromatic rings. The van der Waals surface area contributed by atoms with Crippen molar-refractivity contribution in [2.45, 2.75) is 81.6 Å². The number of aliphatic hydroxyl groups excluding tert-OH is 1. The molecule has 0 fully saturated rings. The summed E-state index contributed by atoms with van der Waals surface area (Å²) < 4.78 is 0. The number of fused-ring (bicyclic) bond motifs is 1. The molecule has 0 aliphatic heterocycles. The first kappa shape index (κ1) is 42.1. The second-order valence-electron chi connectivity index (χ2n) is 11.9.